The van der Waals surface area contributed by atoms with Gasteiger partial charge in [0, 0.05) is 43.8 Å². The number of para-hydroxylation sites is 1. The molecule has 2 aliphatic heterocycles. The van der Waals surface area contributed by atoms with E-state index in [4.69, 9.17) is 0 Å². The van der Waals surface area contributed by atoms with E-state index in [0.29, 0.717) is 0 Å². The summed E-state index contributed by atoms with van der Waals surface area (Å²) in [5.74, 6) is 0. The molecule has 4 heteroatoms. The molecule has 2 nitrogen and oxygen atoms in total. The largest absolute Gasteiger partial charge is 0.311 e. The molecule has 0 aliphatic carbocycles. The third-order valence-electron chi connectivity index (χ3n) is 19.8. The van der Waals surface area contributed by atoms with Crippen LogP contribution in [-0.2, 0) is 0 Å². The molecular weight excluding hydrogens is 1220 g/mol. The maximum atomic E-state index is 2.63. The predicted molar refractivity (Wildman–Crippen MR) is 425 cm³/mol. The number of hydrogen-bond donors (Lipinski definition) is 0. The minimum atomic E-state index is -0.196. The Balaban J connectivity index is 0.925. The Morgan fingerprint density at radius 3 is 1.10 bits per heavy atom. The maximum Gasteiger partial charge on any atom is 0.249 e. The van der Waals surface area contributed by atoms with Gasteiger partial charge < -0.3 is 9.80 Å². The zero-order chi connectivity index (χ0) is 66.3. The molecular formula is C96H65BN2S. The first-order valence-corrected chi connectivity index (χ1v) is 35.2. The van der Waals surface area contributed by atoms with Crippen LogP contribution in [0.15, 0.2) is 404 Å². The lowest BCUT2D eigenvalue weighted by molar-refractivity contribution is 1.24. The summed E-state index contributed by atoms with van der Waals surface area (Å²) in [5.41, 5.74) is 33.6. The highest BCUT2D eigenvalue weighted by molar-refractivity contribution is 8.00. The van der Waals surface area contributed by atoms with Crippen LogP contribution in [0.3, 0.4) is 0 Å². The van der Waals surface area contributed by atoms with Crippen molar-refractivity contribution in [2.24, 2.45) is 0 Å². The molecule has 0 atom stereocenters. The summed E-state index contributed by atoms with van der Waals surface area (Å²) < 4.78 is 0. The topological polar surface area (TPSA) is 6.48 Å². The Morgan fingerprint density at radius 1 is 0.210 bits per heavy atom. The Bertz CT molecular complexity index is 5540. The maximum absolute atomic E-state index is 2.63. The zero-order valence-corrected chi connectivity index (χ0v) is 55.7. The molecule has 100 heavy (non-hydrogen) atoms. The fraction of sp³-hybridized carbons (Fsp3) is 0. The van der Waals surface area contributed by atoms with Crippen LogP contribution < -0.4 is 26.2 Å². The molecule has 468 valence electrons. The van der Waals surface area contributed by atoms with Crippen molar-refractivity contribution >= 4 is 69.0 Å². The van der Waals surface area contributed by atoms with Gasteiger partial charge in [-0.3, -0.25) is 0 Å². The van der Waals surface area contributed by atoms with E-state index in [1.807, 2.05) is 11.8 Å². The van der Waals surface area contributed by atoms with Gasteiger partial charge in [-0.25, -0.2) is 0 Å². The molecule has 0 spiro atoms. The molecule has 0 aromatic heterocycles. The number of fused-ring (bicyclic) bond motifs is 4. The molecule has 0 unspecified atom stereocenters. The van der Waals surface area contributed by atoms with Crippen molar-refractivity contribution < 1.29 is 0 Å². The molecule has 0 saturated heterocycles. The van der Waals surface area contributed by atoms with E-state index in [1.54, 1.807) is 0 Å². The van der Waals surface area contributed by atoms with Gasteiger partial charge in [-0.2, -0.15) is 0 Å². The average Bonchev–Trinajstić information content (AvgIpc) is 0.698. The van der Waals surface area contributed by atoms with Crippen molar-refractivity contribution in [3.63, 3.8) is 0 Å². The van der Waals surface area contributed by atoms with Gasteiger partial charge in [0.25, 0.3) is 0 Å². The van der Waals surface area contributed by atoms with Crippen molar-refractivity contribution in [1.29, 1.82) is 0 Å². The first-order valence-electron chi connectivity index (χ1n) is 34.4. The quantitative estimate of drug-likeness (QED) is 0.100. The summed E-state index contributed by atoms with van der Waals surface area (Å²) in [6, 6.07) is 146. The SMILES string of the molecule is c1ccc(-c2ccc(N(c3cccc(-c4ccccc4)c3)c3ccc4c(c3)N(c3ccccc3-c3cc(-c5ccccc5)cc(-c5ccccc5)c3)c3cc(-c5ccccc5)cc5c3B4c3cc(-c4cc(-c6ccccc6)cc(-c6ccccc6)c4)cc(-c4ccccc4)c3S5)cc2)cc1. The summed E-state index contributed by atoms with van der Waals surface area (Å²) in [7, 11) is 0. The number of benzene rings is 16. The van der Waals surface area contributed by atoms with Crippen molar-refractivity contribution in [1.82, 2.24) is 0 Å². The van der Waals surface area contributed by atoms with Gasteiger partial charge in [0.05, 0.1) is 5.69 Å². The van der Waals surface area contributed by atoms with Crippen LogP contribution in [0.4, 0.5) is 34.1 Å². The molecule has 2 aliphatic rings. The number of rotatable bonds is 14. The van der Waals surface area contributed by atoms with E-state index in [2.05, 4.69) is 404 Å². The Labute approximate surface area is 590 Å². The van der Waals surface area contributed by atoms with Crippen LogP contribution >= 0.6 is 11.8 Å². The fourth-order valence-corrected chi connectivity index (χ4v) is 16.4. The van der Waals surface area contributed by atoms with Crippen molar-refractivity contribution in [3.8, 4) is 111 Å². The number of anilines is 6. The lowest BCUT2D eigenvalue weighted by Gasteiger charge is -2.42. The minimum Gasteiger partial charge on any atom is -0.311 e. The van der Waals surface area contributed by atoms with Gasteiger partial charge in [-0.15, -0.1) is 0 Å². The second-order valence-corrected chi connectivity index (χ2v) is 27.0. The van der Waals surface area contributed by atoms with Gasteiger partial charge in [0.1, 0.15) is 0 Å². The first kappa shape index (κ1) is 60.0. The Hall–Kier alpha value is -12.5. The highest BCUT2D eigenvalue weighted by atomic mass is 32.2. The third-order valence-corrected chi connectivity index (χ3v) is 21.1. The predicted octanol–water partition coefficient (Wildman–Crippen LogP) is 24.6. The minimum absolute atomic E-state index is 0.196. The number of nitrogens with zero attached hydrogens (tertiary/aromatic N) is 2. The van der Waals surface area contributed by atoms with E-state index >= 15 is 0 Å². The van der Waals surface area contributed by atoms with Gasteiger partial charge in [-0.05, 0) is 214 Å². The van der Waals surface area contributed by atoms with Gasteiger partial charge in [0.15, 0.2) is 0 Å². The van der Waals surface area contributed by atoms with Gasteiger partial charge in [-0.1, -0.05) is 314 Å². The lowest BCUT2D eigenvalue weighted by Crippen LogP contribution is -2.60. The molecule has 0 radical (unpaired) electrons. The van der Waals surface area contributed by atoms with Crippen LogP contribution in [0.2, 0.25) is 0 Å². The van der Waals surface area contributed by atoms with E-state index in [1.165, 1.54) is 81.8 Å². The smallest absolute Gasteiger partial charge is 0.249 e. The summed E-state index contributed by atoms with van der Waals surface area (Å²) in [6.07, 6.45) is 0. The third kappa shape index (κ3) is 11.4. The molecule has 2 heterocycles. The van der Waals surface area contributed by atoms with Crippen LogP contribution in [0.25, 0.3) is 111 Å². The van der Waals surface area contributed by atoms with Crippen molar-refractivity contribution in [2.45, 2.75) is 9.79 Å². The van der Waals surface area contributed by atoms with Crippen LogP contribution in [-0.4, -0.2) is 6.71 Å². The Kier molecular flexibility index (Phi) is 15.7. The molecule has 0 saturated carbocycles. The normalized spacial score (nSPS) is 11.9. The van der Waals surface area contributed by atoms with Crippen LogP contribution in [0.1, 0.15) is 0 Å². The van der Waals surface area contributed by atoms with E-state index in [-0.39, 0.29) is 6.71 Å². The van der Waals surface area contributed by atoms with Crippen molar-refractivity contribution in [2.75, 3.05) is 9.80 Å². The Morgan fingerprint density at radius 2 is 0.590 bits per heavy atom. The highest BCUT2D eigenvalue weighted by Crippen LogP contribution is 2.51. The molecule has 0 fully saturated rings. The second-order valence-electron chi connectivity index (χ2n) is 25.9. The molecule has 0 bridgehead atoms. The fourth-order valence-electron chi connectivity index (χ4n) is 15.0. The summed E-state index contributed by atoms with van der Waals surface area (Å²) in [5, 5.41) is 0. The second kappa shape index (κ2) is 26.2. The van der Waals surface area contributed by atoms with Crippen LogP contribution in [0.5, 0.6) is 0 Å². The van der Waals surface area contributed by atoms with E-state index < -0.39 is 0 Å². The molecule has 0 amide bonds. The standard InChI is InChI=1S/C96H65BN2S/c1-9-28-66(29-10-1)73-48-50-84(51-49-73)98(85-45-27-44-75(60-85)67-30-11-2-12-31-67)86-52-53-89-92(65-86)99(91-47-26-25-46-87(91)83-58-78(70-36-17-5-18-37-70)55-79(59-83)71-38-19-6-20-39-71)93-63-82(72-40-21-7-22-41-72)64-94-95(93)97(89)90-62-81(61-88(96(90)100-94)74-42-23-8-24-43-74)80-56-76(68-32-13-3-14-33-68)54-77(57-80)69-34-15-4-16-35-69/h1-65H. The number of hydrogen-bond acceptors (Lipinski definition) is 3. The van der Waals surface area contributed by atoms with E-state index in [9.17, 15) is 0 Å². The first-order chi connectivity index (χ1) is 49.6. The lowest BCUT2D eigenvalue weighted by atomic mass is 9.34. The summed E-state index contributed by atoms with van der Waals surface area (Å²) in [4.78, 5) is 7.60. The zero-order valence-electron chi connectivity index (χ0n) is 54.9. The van der Waals surface area contributed by atoms with Crippen LogP contribution in [0, 0.1) is 0 Å². The monoisotopic (exact) mass is 1290 g/mol. The van der Waals surface area contributed by atoms with Gasteiger partial charge in [0.2, 0.25) is 6.71 Å². The average molecular weight is 1290 g/mol. The van der Waals surface area contributed by atoms with E-state index in [0.717, 1.165) is 89.8 Å². The summed E-state index contributed by atoms with van der Waals surface area (Å²) in [6.45, 7) is -0.196. The summed E-state index contributed by atoms with van der Waals surface area (Å²) >= 11 is 1.92. The molecule has 16 aromatic rings. The molecule has 18 rings (SSSR count). The molecule has 0 N–H and O–H groups in total. The van der Waals surface area contributed by atoms with Crippen molar-refractivity contribution in [3.05, 3.63) is 394 Å². The highest BCUT2D eigenvalue weighted by Gasteiger charge is 2.43. The van der Waals surface area contributed by atoms with Gasteiger partial charge >= 0.3 is 0 Å². The molecule has 16 aromatic carbocycles.